The van der Waals surface area contributed by atoms with Crippen molar-refractivity contribution in [3.8, 4) is 11.4 Å². The first-order valence-electron chi connectivity index (χ1n) is 24.0. The molecule has 0 spiro atoms. The van der Waals surface area contributed by atoms with Gasteiger partial charge in [-0.15, -0.1) is 0 Å². The summed E-state index contributed by atoms with van der Waals surface area (Å²) in [5.41, 5.74) is 23.3. The Morgan fingerprint density at radius 1 is 0.394 bits per heavy atom. The molecule has 3 aliphatic rings. The fourth-order valence-corrected chi connectivity index (χ4v) is 12.5. The Balaban J connectivity index is 1.19. The SMILES string of the molecule is CC(C)(C)c1ccc(N2c3cc4c(cc3B3c5cc6c7cccc8c7n(c6cc5C(C)(C)c5cc(C(C)(C)C)cc2c53)-c2ccccc2C8(C)C)c2ccccc2n4-c2ccccc2)cc1. The predicted molar refractivity (Wildman–Crippen MR) is 283 cm³/mol. The van der Waals surface area contributed by atoms with E-state index < -0.39 is 0 Å². The Bertz CT molecular complexity index is 3720. The zero-order valence-electron chi connectivity index (χ0n) is 39.9. The maximum Gasteiger partial charge on any atom is 0.247 e. The number of anilines is 3. The Hall–Kier alpha value is -6.78. The summed E-state index contributed by atoms with van der Waals surface area (Å²) in [6.07, 6.45) is 0. The van der Waals surface area contributed by atoms with Crippen LogP contribution in [0.5, 0.6) is 0 Å². The van der Waals surface area contributed by atoms with Crippen LogP contribution in [0.1, 0.15) is 103 Å². The summed E-state index contributed by atoms with van der Waals surface area (Å²) < 4.78 is 5.08. The second-order valence-electron chi connectivity index (χ2n) is 22.6. The van der Waals surface area contributed by atoms with E-state index in [0.717, 1.165) is 0 Å². The van der Waals surface area contributed by atoms with Crippen LogP contribution in [0.25, 0.3) is 55.0 Å². The van der Waals surface area contributed by atoms with E-state index >= 15 is 0 Å². The first-order chi connectivity index (χ1) is 31.5. The molecule has 66 heavy (non-hydrogen) atoms. The van der Waals surface area contributed by atoms with E-state index in [0.29, 0.717) is 0 Å². The van der Waals surface area contributed by atoms with Gasteiger partial charge in [-0.1, -0.05) is 178 Å². The number of hydrogen-bond acceptors (Lipinski definition) is 1. The van der Waals surface area contributed by atoms with Gasteiger partial charge in [0.15, 0.2) is 0 Å². The molecule has 0 aliphatic carbocycles. The molecule has 4 heteroatoms. The van der Waals surface area contributed by atoms with Crippen LogP contribution in [0.15, 0.2) is 158 Å². The second kappa shape index (κ2) is 13.0. The minimum Gasteiger partial charge on any atom is -0.311 e. The highest BCUT2D eigenvalue weighted by Crippen LogP contribution is 2.50. The first-order valence-corrected chi connectivity index (χ1v) is 24.0. The normalized spacial score (nSPS) is 15.6. The number of rotatable bonds is 2. The molecule has 322 valence electrons. The van der Waals surface area contributed by atoms with Gasteiger partial charge in [0.2, 0.25) is 6.71 Å². The van der Waals surface area contributed by atoms with Crippen LogP contribution in [-0.4, -0.2) is 15.8 Å². The summed E-state index contributed by atoms with van der Waals surface area (Å²) in [5, 5.41) is 5.22. The Morgan fingerprint density at radius 2 is 1.02 bits per heavy atom. The minimum absolute atomic E-state index is 0.00946. The lowest BCUT2D eigenvalue weighted by Crippen LogP contribution is -2.64. The van der Waals surface area contributed by atoms with Crippen molar-refractivity contribution in [3.63, 3.8) is 0 Å². The van der Waals surface area contributed by atoms with Crippen molar-refractivity contribution in [3.05, 3.63) is 191 Å². The van der Waals surface area contributed by atoms with Crippen LogP contribution in [0, 0.1) is 0 Å². The van der Waals surface area contributed by atoms with Gasteiger partial charge in [0, 0.05) is 55.1 Å². The second-order valence-corrected chi connectivity index (χ2v) is 22.6. The summed E-state index contributed by atoms with van der Waals surface area (Å²) in [6, 6.07) is 61.0. The molecule has 0 unspecified atom stereocenters. The number of nitrogens with zero attached hydrogens (tertiary/aromatic N) is 3. The van der Waals surface area contributed by atoms with E-state index in [9.17, 15) is 0 Å². The van der Waals surface area contributed by atoms with Gasteiger partial charge in [0.05, 0.1) is 27.8 Å². The monoisotopic (exact) mass is 853 g/mol. The summed E-state index contributed by atoms with van der Waals surface area (Å²) in [6.45, 7) is 23.9. The van der Waals surface area contributed by atoms with Crippen LogP contribution in [0.4, 0.5) is 17.1 Å². The van der Waals surface area contributed by atoms with E-state index in [1.54, 1.807) is 0 Å². The summed E-state index contributed by atoms with van der Waals surface area (Å²) in [4.78, 5) is 2.62. The minimum atomic E-state index is -0.301. The summed E-state index contributed by atoms with van der Waals surface area (Å²) in [7, 11) is 0. The summed E-state index contributed by atoms with van der Waals surface area (Å²) >= 11 is 0. The zero-order valence-corrected chi connectivity index (χ0v) is 39.9. The zero-order chi connectivity index (χ0) is 45.4. The van der Waals surface area contributed by atoms with Gasteiger partial charge in [0.1, 0.15) is 0 Å². The molecule has 0 saturated carbocycles. The third-order valence-corrected chi connectivity index (χ3v) is 16.0. The summed E-state index contributed by atoms with van der Waals surface area (Å²) in [5.74, 6) is 0. The van der Waals surface area contributed by atoms with Gasteiger partial charge in [-0.3, -0.25) is 0 Å². The van der Waals surface area contributed by atoms with E-state index in [1.807, 2.05) is 0 Å². The van der Waals surface area contributed by atoms with Crippen LogP contribution < -0.4 is 21.3 Å². The lowest BCUT2D eigenvalue weighted by atomic mass is 9.30. The lowest BCUT2D eigenvalue weighted by molar-refractivity contribution is 0.583. The number of hydrogen-bond donors (Lipinski definition) is 0. The van der Waals surface area contributed by atoms with Gasteiger partial charge in [-0.05, 0) is 110 Å². The van der Waals surface area contributed by atoms with Crippen LogP contribution in [0.2, 0.25) is 0 Å². The molecule has 0 bridgehead atoms. The van der Waals surface area contributed by atoms with Crippen molar-refractivity contribution >= 4 is 83.8 Å². The average Bonchev–Trinajstić information content (AvgIpc) is 3.80. The largest absolute Gasteiger partial charge is 0.311 e. The molecule has 2 aromatic heterocycles. The molecule has 0 atom stereocenters. The number of benzene rings is 8. The van der Waals surface area contributed by atoms with Crippen LogP contribution in [0.3, 0.4) is 0 Å². The van der Waals surface area contributed by atoms with Crippen molar-refractivity contribution in [2.75, 3.05) is 4.90 Å². The van der Waals surface area contributed by atoms with Gasteiger partial charge >= 0.3 is 0 Å². The molecular weight excluding hydrogens is 798 g/mol. The molecule has 10 aromatic rings. The highest BCUT2D eigenvalue weighted by molar-refractivity contribution is 6.99. The van der Waals surface area contributed by atoms with Crippen LogP contribution in [-0.2, 0) is 21.7 Å². The molecule has 8 aromatic carbocycles. The molecule has 5 heterocycles. The van der Waals surface area contributed by atoms with Gasteiger partial charge in [-0.2, -0.15) is 0 Å². The van der Waals surface area contributed by atoms with E-state index in [-0.39, 0.29) is 28.4 Å². The van der Waals surface area contributed by atoms with Crippen molar-refractivity contribution in [1.82, 2.24) is 9.13 Å². The fourth-order valence-electron chi connectivity index (χ4n) is 12.5. The topological polar surface area (TPSA) is 13.1 Å². The fraction of sp³-hybridized carbons (Fsp3) is 0.226. The molecule has 0 N–H and O–H groups in total. The van der Waals surface area contributed by atoms with Gasteiger partial charge in [-0.25, -0.2) is 0 Å². The van der Waals surface area contributed by atoms with E-state index in [1.165, 1.54) is 122 Å². The standard InChI is InChI=1S/C62H56BN3/c1-59(2,3)37-27-29-40(30-28-37)65-55-36-54-43(41-21-14-16-25-51(41)64(54)39-19-12-11-13-20-39)34-50(55)63-49-33-44-42-22-18-24-46-58(42)66(52-26-17-15-23-45(52)61(46,7)8)53(44)35-47(49)62(9,10)48-31-38(60(4,5)6)32-56(65)57(48)63/h11-36H,1-10H3. The first kappa shape index (κ1) is 39.6. The molecule has 0 radical (unpaired) electrons. The maximum atomic E-state index is 2.63. The van der Waals surface area contributed by atoms with Crippen molar-refractivity contribution in [2.45, 2.75) is 90.9 Å². The van der Waals surface area contributed by atoms with Crippen molar-refractivity contribution in [2.24, 2.45) is 0 Å². The van der Waals surface area contributed by atoms with Gasteiger partial charge in [0.25, 0.3) is 0 Å². The third kappa shape index (κ3) is 5.16. The molecule has 0 fully saturated rings. The Labute approximate surface area is 389 Å². The Morgan fingerprint density at radius 3 is 1.77 bits per heavy atom. The predicted octanol–water partition coefficient (Wildman–Crippen LogP) is 14.1. The van der Waals surface area contributed by atoms with Crippen molar-refractivity contribution in [1.29, 1.82) is 0 Å². The Kier molecular flexibility index (Phi) is 7.78. The highest BCUT2D eigenvalue weighted by Gasteiger charge is 2.48. The quantitative estimate of drug-likeness (QED) is 0.158. The van der Waals surface area contributed by atoms with Crippen molar-refractivity contribution < 1.29 is 0 Å². The van der Waals surface area contributed by atoms with Crippen LogP contribution >= 0.6 is 0 Å². The van der Waals surface area contributed by atoms with Gasteiger partial charge < -0.3 is 14.0 Å². The molecule has 3 nitrogen and oxygen atoms in total. The number of para-hydroxylation sites is 4. The average molecular weight is 854 g/mol. The maximum absolute atomic E-state index is 2.63. The number of aromatic nitrogens is 2. The molecule has 3 aliphatic heterocycles. The number of fused-ring (bicyclic) bond motifs is 12. The molecule has 0 saturated heterocycles. The smallest absolute Gasteiger partial charge is 0.247 e. The highest BCUT2D eigenvalue weighted by atomic mass is 15.2. The molecule has 0 amide bonds. The van der Waals surface area contributed by atoms with E-state index in [2.05, 4.69) is 241 Å². The van der Waals surface area contributed by atoms with E-state index in [4.69, 9.17) is 0 Å². The third-order valence-electron chi connectivity index (χ3n) is 16.0. The molecular formula is C62H56BN3. The molecule has 13 rings (SSSR count). The lowest BCUT2D eigenvalue weighted by Gasteiger charge is -2.46.